The Hall–Kier alpha value is -1.38. The average molecular weight is 366 g/mol. The number of imidazole rings is 1. The molecule has 1 aliphatic rings. The first-order valence-electron chi connectivity index (χ1n) is 8.22. The molecule has 0 saturated heterocycles. The van der Waals surface area contributed by atoms with Gasteiger partial charge in [0.1, 0.15) is 4.34 Å². The summed E-state index contributed by atoms with van der Waals surface area (Å²) in [5.41, 5.74) is 7.96. The SMILES string of the molecule is Cc1csc(SC2CCC(NC(=O)[C@@H](N)Cc3cnc[nH]3)CC2)n1. The van der Waals surface area contributed by atoms with Crippen LogP contribution in [0.4, 0.5) is 0 Å². The molecule has 1 saturated carbocycles. The molecule has 130 valence electrons. The number of hydrogen-bond acceptors (Lipinski definition) is 6. The van der Waals surface area contributed by atoms with Crippen LogP contribution >= 0.6 is 23.1 Å². The number of thiazole rings is 1. The van der Waals surface area contributed by atoms with Gasteiger partial charge in [-0.3, -0.25) is 4.79 Å². The molecule has 8 heteroatoms. The third-order valence-electron chi connectivity index (χ3n) is 4.22. The summed E-state index contributed by atoms with van der Waals surface area (Å²) in [4.78, 5) is 23.7. The first kappa shape index (κ1) is 17.4. The summed E-state index contributed by atoms with van der Waals surface area (Å²) < 4.78 is 1.15. The van der Waals surface area contributed by atoms with Crippen LogP contribution in [0, 0.1) is 6.92 Å². The van der Waals surface area contributed by atoms with Crippen LogP contribution in [-0.4, -0.2) is 38.2 Å². The molecule has 0 aromatic carbocycles. The molecule has 2 aromatic heterocycles. The Kier molecular flexibility index (Phi) is 5.91. The number of aromatic nitrogens is 3. The minimum atomic E-state index is -0.532. The number of carbonyl (C=O) groups is 1. The molecule has 0 unspecified atom stereocenters. The lowest BCUT2D eigenvalue weighted by molar-refractivity contribution is -0.123. The molecule has 0 aliphatic heterocycles. The van der Waals surface area contributed by atoms with Gasteiger partial charge in [0.2, 0.25) is 5.91 Å². The van der Waals surface area contributed by atoms with E-state index in [2.05, 4.69) is 25.6 Å². The van der Waals surface area contributed by atoms with Gasteiger partial charge < -0.3 is 16.0 Å². The second kappa shape index (κ2) is 8.13. The van der Waals surface area contributed by atoms with E-state index in [9.17, 15) is 4.79 Å². The van der Waals surface area contributed by atoms with Crippen molar-refractivity contribution in [3.63, 3.8) is 0 Å². The molecule has 2 heterocycles. The predicted octanol–water partition coefficient (Wildman–Crippen LogP) is 2.26. The van der Waals surface area contributed by atoms with Gasteiger partial charge >= 0.3 is 0 Å². The molecule has 0 bridgehead atoms. The highest BCUT2D eigenvalue weighted by Crippen LogP contribution is 2.35. The standard InChI is InChI=1S/C16H23N5OS2/c1-10-8-23-16(20-10)24-13-4-2-11(3-5-13)21-15(22)14(17)6-12-7-18-9-19-12/h7-9,11,13-14H,2-6,17H2,1H3,(H,18,19)(H,21,22)/t11?,13?,14-/m0/s1. The molecule has 1 atom stereocenters. The molecule has 0 radical (unpaired) electrons. The predicted molar refractivity (Wildman–Crippen MR) is 97.2 cm³/mol. The first-order valence-corrected chi connectivity index (χ1v) is 9.98. The first-order chi connectivity index (χ1) is 11.6. The van der Waals surface area contributed by atoms with E-state index in [0.29, 0.717) is 11.7 Å². The lowest BCUT2D eigenvalue weighted by atomic mass is 9.94. The van der Waals surface area contributed by atoms with E-state index in [1.165, 1.54) is 0 Å². The Labute approximate surface area is 150 Å². The maximum atomic E-state index is 12.2. The fourth-order valence-electron chi connectivity index (χ4n) is 2.89. The number of aromatic amines is 1. The van der Waals surface area contributed by atoms with E-state index >= 15 is 0 Å². The van der Waals surface area contributed by atoms with Crippen LogP contribution in [0.2, 0.25) is 0 Å². The van der Waals surface area contributed by atoms with Crippen LogP contribution in [0.25, 0.3) is 0 Å². The number of rotatable bonds is 6. The zero-order valence-corrected chi connectivity index (χ0v) is 15.3. The van der Waals surface area contributed by atoms with Gasteiger partial charge in [0.15, 0.2) is 0 Å². The number of hydrogen-bond donors (Lipinski definition) is 3. The Morgan fingerprint density at radius 1 is 1.50 bits per heavy atom. The minimum absolute atomic E-state index is 0.0729. The number of nitrogens with one attached hydrogen (secondary N) is 2. The van der Waals surface area contributed by atoms with Crippen LogP contribution in [0.15, 0.2) is 22.2 Å². The van der Waals surface area contributed by atoms with Gasteiger partial charge in [0.25, 0.3) is 0 Å². The Balaban J connectivity index is 1.40. The van der Waals surface area contributed by atoms with Crippen LogP contribution in [0.5, 0.6) is 0 Å². The monoisotopic (exact) mass is 365 g/mol. The van der Waals surface area contributed by atoms with Crippen molar-refractivity contribution in [1.29, 1.82) is 0 Å². The smallest absolute Gasteiger partial charge is 0.237 e. The van der Waals surface area contributed by atoms with E-state index in [4.69, 9.17) is 5.73 Å². The number of carbonyl (C=O) groups excluding carboxylic acids is 1. The number of nitrogens with zero attached hydrogens (tertiary/aromatic N) is 2. The number of H-pyrrole nitrogens is 1. The fourth-order valence-corrected chi connectivity index (χ4v) is 5.17. The summed E-state index contributed by atoms with van der Waals surface area (Å²) in [6, 6.07) is -0.295. The topological polar surface area (TPSA) is 96.7 Å². The highest BCUT2D eigenvalue weighted by molar-refractivity contribution is 8.01. The van der Waals surface area contributed by atoms with Crippen molar-refractivity contribution in [2.75, 3.05) is 0 Å². The average Bonchev–Trinajstić information content (AvgIpc) is 3.21. The van der Waals surface area contributed by atoms with E-state index < -0.39 is 6.04 Å². The molecule has 1 aliphatic carbocycles. The van der Waals surface area contributed by atoms with Crippen molar-refractivity contribution < 1.29 is 4.79 Å². The lowest BCUT2D eigenvalue weighted by Crippen LogP contribution is -2.47. The molecular formula is C16H23N5OS2. The quantitative estimate of drug-likeness (QED) is 0.730. The van der Waals surface area contributed by atoms with Gasteiger partial charge in [-0.25, -0.2) is 9.97 Å². The molecule has 3 rings (SSSR count). The third kappa shape index (κ3) is 4.81. The molecular weight excluding hydrogens is 342 g/mol. The number of thioether (sulfide) groups is 1. The fraction of sp³-hybridized carbons (Fsp3) is 0.562. The summed E-state index contributed by atoms with van der Waals surface area (Å²) in [7, 11) is 0. The zero-order valence-electron chi connectivity index (χ0n) is 13.7. The van der Waals surface area contributed by atoms with Gasteiger partial charge in [-0.1, -0.05) is 11.8 Å². The van der Waals surface area contributed by atoms with Gasteiger partial charge in [0, 0.05) is 40.7 Å². The van der Waals surface area contributed by atoms with Crippen molar-refractivity contribution in [3.8, 4) is 0 Å². The summed E-state index contributed by atoms with van der Waals surface area (Å²) in [5.74, 6) is -0.0729. The second-order valence-electron chi connectivity index (χ2n) is 6.24. The van der Waals surface area contributed by atoms with Crippen LogP contribution in [0.1, 0.15) is 37.1 Å². The van der Waals surface area contributed by atoms with E-state index in [1.807, 2.05) is 18.7 Å². The zero-order chi connectivity index (χ0) is 16.9. The number of nitrogens with two attached hydrogens (primary N) is 1. The molecule has 1 fully saturated rings. The van der Waals surface area contributed by atoms with Gasteiger partial charge in [-0.15, -0.1) is 11.3 Å². The Bertz CT molecular complexity index is 649. The summed E-state index contributed by atoms with van der Waals surface area (Å²) >= 11 is 3.59. The van der Waals surface area contributed by atoms with E-state index in [1.54, 1.807) is 23.9 Å². The highest BCUT2D eigenvalue weighted by Gasteiger charge is 2.25. The maximum absolute atomic E-state index is 12.2. The minimum Gasteiger partial charge on any atom is -0.352 e. The van der Waals surface area contributed by atoms with Crippen molar-refractivity contribution in [1.82, 2.24) is 20.3 Å². The largest absolute Gasteiger partial charge is 0.352 e. The van der Waals surface area contributed by atoms with Gasteiger partial charge in [-0.2, -0.15) is 0 Å². The van der Waals surface area contributed by atoms with Crippen LogP contribution in [-0.2, 0) is 11.2 Å². The van der Waals surface area contributed by atoms with Crippen LogP contribution < -0.4 is 11.1 Å². The maximum Gasteiger partial charge on any atom is 0.237 e. The molecule has 6 nitrogen and oxygen atoms in total. The van der Waals surface area contributed by atoms with Crippen molar-refractivity contribution in [3.05, 3.63) is 29.3 Å². The van der Waals surface area contributed by atoms with Crippen molar-refractivity contribution in [2.45, 2.75) is 60.7 Å². The molecule has 1 amide bonds. The van der Waals surface area contributed by atoms with E-state index in [-0.39, 0.29) is 11.9 Å². The molecule has 0 spiro atoms. The summed E-state index contributed by atoms with van der Waals surface area (Å²) in [6.07, 6.45) is 8.00. The third-order valence-corrected chi connectivity index (χ3v) is 6.64. The highest BCUT2D eigenvalue weighted by atomic mass is 32.2. The summed E-state index contributed by atoms with van der Waals surface area (Å²) in [6.45, 7) is 2.03. The number of amides is 1. The van der Waals surface area contributed by atoms with Crippen LogP contribution in [0.3, 0.4) is 0 Å². The lowest BCUT2D eigenvalue weighted by Gasteiger charge is -2.29. The Morgan fingerprint density at radius 2 is 2.29 bits per heavy atom. The molecule has 24 heavy (non-hydrogen) atoms. The summed E-state index contributed by atoms with van der Waals surface area (Å²) in [5, 5.41) is 5.79. The van der Waals surface area contributed by atoms with Crippen molar-refractivity contribution >= 4 is 29.0 Å². The normalized spacial score (nSPS) is 22.2. The molecule has 4 N–H and O–H groups in total. The second-order valence-corrected chi connectivity index (χ2v) is 8.65. The Morgan fingerprint density at radius 3 is 2.92 bits per heavy atom. The van der Waals surface area contributed by atoms with Crippen molar-refractivity contribution in [2.24, 2.45) is 5.73 Å². The van der Waals surface area contributed by atoms with Gasteiger partial charge in [-0.05, 0) is 32.6 Å². The van der Waals surface area contributed by atoms with Gasteiger partial charge in [0.05, 0.1) is 12.4 Å². The molecule has 2 aromatic rings. The number of aryl methyl sites for hydroxylation is 1. The van der Waals surface area contributed by atoms with E-state index in [0.717, 1.165) is 41.4 Å².